The van der Waals surface area contributed by atoms with E-state index in [0.29, 0.717) is 6.42 Å². The number of rotatable bonds is 1. The van der Waals surface area contributed by atoms with Crippen LogP contribution in [0.5, 0.6) is 0 Å². The molecule has 1 aliphatic rings. The molecule has 2 rings (SSSR count). The Kier molecular flexibility index (Phi) is 2.73. The van der Waals surface area contributed by atoms with Crippen molar-refractivity contribution in [2.45, 2.75) is 24.9 Å². The predicted molar refractivity (Wildman–Crippen MR) is 55.5 cm³/mol. The normalized spacial score (nSPS) is 24.4. The van der Waals surface area contributed by atoms with Crippen molar-refractivity contribution in [3.8, 4) is 0 Å². The van der Waals surface area contributed by atoms with Crippen LogP contribution in [0.2, 0.25) is 0 Å². The smallest absolute Gasteiger partial charge is 0.315 e. The average Bonchev–Trinajstić information content (AvgIpc) is 2.28. The summed E-state index contributed by atoms with van der Waals surface area (Å²) in [6.45, 7) is 0. The molecule has 0 saturated heterocycles. The van der Waals surface area contributed by atoms with Crippen LogP contribution in [-0.4, -0.2) is 24.3 Å². The van der Waals surface area contributed by atoms with Gasteiger partial charge in [-0.15, -0.1) is 0 Å². The number of benzene rings is 1. The van der Waals surface area contributed by atoms with E-state index in [-0.39, 0.29) is 5.97 Å². The number of methoxy groups -OCH3 is 1. The summed E-state index contributed by atoms with van der Waals surface area (Å²) in [5.41, 5.74) is 2.04. The van der Waals surface area contributed by atoms with E-state index in [1.807, 2.05) is 24.3 Å². The monoisotopic (exact) mass is 206 g/mol. The second-order valence-electron chi connectivity index (χ2n) is 3.81. The van der Waals surface area contributed by atoms with Crippen molar-refractivity contribution in [3.05, 3.63) is 35.4 Å². The second kappa shape index (κ2) is 4.03. The maximum Gasteiger partial charge on any atom is 0.315 e. The summed E-state index contributed by atoms with van der Waals surface area (Å²) in [5, 5.41) is 9.82. The highest BCUT2D eigenvalue weighted by Crippen LogP contribution is 2.32. The molecule has 80 valence electrons. The lowest BCUT2D eigenvalue weighted by Gasteiger charge is -2.28. The third-order valence-corrected chi connectivity index (χ3v) is 2.94. The fourth-order valence-electron chi connectivity index (χ4n) is 2.15. The molecule has 0 radical (unpaired) electrons. The van der Waals surface area contributed by atoms with Crippen molar-refractivity contribution in [1.82, 2.24) is 0 Å². The Labute approximate surface area is 88.7 Å². The molecule has 1 aromatic rings. The van der Waals surface area contributed by atoms with Crippen molar-refractivity contribution in [1.29, 1.82) is 0 Å². The molecule has 0 spiro atoms. The van der Waals surface area contributed by atoms with E-state index in [1.54, 1.807) is 0 Å². The summed E-state index contributed by atoms with van der Waals surface area (Å²) >= 11 is 0. The first kappa shape index (κ1) is 10.2. The zero-order valence-electron chi connectivity index (χ0n) is 8.64. The van der Waals surface area contributed by atoms with Crippen LogP contribution >= 0.6 is 0 Å². The molecule has 15 heavy (non-hydrogen) atoms. The topological polar surface area (TPSA) is 46.5 Å². The lowest BCUT2D eigenvalue weighted by Crippen LogP contribution is -2.31. The summed E-state index contributed by atoms with van der Waals surface area (Å²) in [6, 6.07) is 7.72. The minimum atomic E-state index is -0.618. The van der Waals surface area contributed by atoms with Crippen LogP contribution < -0.4 is 0 Å². The fourth-order valence-corrected chi connectivity index (χ4v) is 2.15. The number of fused-ring (bicyclic) bond motifs is 1. The fraction of sp³-hybridized carbons (Fsp3) is 0.417. The van der Waals surface area contributed by atoms with Gasteiger partial charge in [-0.1, -0.05) is 24.3 Å². The standard InChI is InChI=1S/C12H14O3/c1-15-12(14)11-9-5-3-2-4-8(9)6-7-10(11)13/h2-5,10-11,13H,6-7H2,1H3/t10-,11+/m1/s1. The van der Waals surface area contributed by atoms with Crippen molar-refractivity contribution in [3.63, 3.8) is 0 Å². The molecule has 0 amide bonds. The summed E-state index contributed by atoms with van der Waals surface area (Å²) in [4.78, 5) is 11.6. The van der Waals surface area contributed by atoms with Gasteiger partial charge in [0.25, 0.3) is 0 Å². The number of carbonyl (C=O) groups excluding carboxylic acids is 1. The molecule has 0 saturated carbocycles. The molecule has 0 bridgehead atoms. The third-order valence-electron chi connectivity index (χ3n) is 2.94. The zero-order chi connectivity index (χ0) is 10.8. The van der Waals surface area contributed by atoms with Crippen molar-refractivity contribution in [2.75, 3.05) is 7.11 Å². The van der Waals surface area contributed by atoms with Crippen LogP contribution in [0.4, 0.5) is 0 Å². The highest BCUT2D eigenvalue weighted by Gasteiger charge is 2.34. The molecule has 2 atom stereocenters. The minimum Gasteiger partial charge on any atom is -0.468 e. The van der Waals surface area contributed by atoms with E-state index in [9.17, 15) is 9.90 Å². The van der Waals surface area contributed by atoms with Crippen molar-refractivity contribution >= 4 is 5.97 Å². The number of hydrogen-bond acceptors (Lipinski definition) is 3. The Morgan fingerprint density at radius 2 is 2.20 bits per heavy atom. The van der Waals surface area contributed by atoms with Crippen LogP contribution in [0.15, 0.2) is 24.3 Å². The van der Waals surface area contributed by atoms with E-state index < -0.39 is 12.0 Å². The molecule has 0 fully saturated rings. The van der Waals surface area contributed by atoms with Gasteiger partial charge >= 0.3 is 5.97 Å². The molecule has 1 aliphatic carbocycles. The highest BCUT2D eigenvalue weighted by molar-refractivity contribution is 5.79. The van der Waals surface area contributed by atoms with Crippen LogP contribution in [0, 0.1) is 0 Å². The van der Waals surface area contributed by atoms with E-state index in [1.165, 1.54) is 7.11 Å². The Hall–Kier alpha value is -1.35. The van der Waals surface area contributed by atoms with Crippen LogP contribution in [0.25, 0.3) is 0 Å². The quantitative estimate of drug-likeness (QED) is 0.703. The summed E-state index contributed by atoms with van der Waals surface area (Å²) in [5.74, 6) is -0.866. The lowest BCUT2D eigenvalue weighted by molar-refractivity contribution is -0.145. The number of aryl methyl sites for hydroxylation is 1. The number of aliphatic hydroxyl groups excluding tert-OH is 1. The molecular formula is C12H14O3. The van der Waals surface area contributed by atoms with Gasteiger partial charge in [-0.2, -0.15) is 0 Å². The number of hydrogen-bond donors (Lipinski definition) is 1. The number of esters is 1. The Morgan fingerprint density at radius 3 is 2.93 bits per heavy atom. The van der Waals surface area contributed by atoms with Gasteiger partial charge < -0.3 is 9.84 Å². The Bertz CT molecular complexity index is 373. The molecule has 3 nitrogen and oxygen atoms in total. The van der Waals surface area contributed by atoms with E-state index in [4.69, 9.17) is 4.74 Å². The molecule has 3 heteroatoms. The summed E-state index contributed by atoms with van der Waals surface area (Å²) in [7, 11) is 1.35. The van der Waals surface area contributed by atoms with Gasteiger partial charge in [0, 0.05) is 0 Å². The number of carbonyl (C=O) groups is 1. The van der Waals surface area contributed by atoms with Gasteiger partial charge in [0.05, 0.1) is 13.2 Å². The van der Waals surface area contributed by atoms with Gasteiger partial charge in [-0.25, -0.2) is 0 Å². The van der Waals surface area contributed by atoms with Gasteiger partial charge in [-0.05, 0) is 24.0 Å². The Balaban J connectivity index is 2.41. The predicted octanol–water partition coefficient (Wildman–Crippen LogP) is 1.25. The second-order valence-corrected chi connectivity index (χ2v) is 3.81. The van der Waals surface area contributed by atoms with E-state index in [0.717, 1.165) is 17.5 Å². The minimum absolute atomic E-state index is 0.352. The van der Waals surface area contributed by atoms with Crippen LogP contribution in [-0.2, 0) is 16.0 Å². The first-order chi connectivity index (χ1) is 7.24. The molecule has 0 aliphatic heterocycles. The zero-order valence-corrected chi connectivity index (χ0v) is 8.64. The van der Waals surface area contributed by atoms with Gasteiger partial charge in [0.1, 0.15) is 5.92 Å². The first-order valence-electron chi connectivity index (χ1n) is 5.07. The SMILES string of the molecule is COC(=O)[C@H]1c2ccccc2CC[C@H]1O. The van der Waals surface area contributed by atoms with Crippen LogP contribution in [0.3, 0.4) is 0 Å². The summed E-state index contributed by atoms with van der Waals surface area (Å²) in [6.07, 6.45) is 0.828. The van der Waals surface area contributed by atoms with Gasteiger partial charge in [0.15, 0.2) is 0 Å². The maximum atomic E-state index is 11.6. The van der Waals surface area contributed by atoms with E-state index >= 15 is 0 Å². The van der Waals surface area contributed by atoms with Gasteiger partial charge in [0.2, 0.25) is 0 Å². The average molecular weight is 206 g/mol. The number of ether oxygens (including phenoxy) is 1. The first-order valence-corrected chi connectivity index (χ1v) is 5.07. The molecule has 1 N–H and O–H groups in total. The van der Waals surface area contributed by atoms with E-state index in [2.05, 4.69) is 0 Å². The largest absolute Gasteiger partial charge is 0.468 e. The lowest BCUT2D eigenvalue weighted by atomic mass is 9.81. The third kappa shape index (κ3) is 1.75. The maximum absolute atomic E-state index is 11.6. The van der Waals surface area contributed by atoms with Crippen molar-refractivity contribution < 1.29 is 14.6 Å². The molecular weight excluding hydrogens is 192 g/mol. The highest BCUT2D eigenvalue weighted by atomic mass is 16.5. The van der Waals surface area contributed by atoms with Crippen molar-refractivity contribution in [2.24, 2.45) is 0 Å². The summed E-state index contributed by atoms with van der Waals surface area (Å²) < 4.78 is 4.72. The Morgan fingerprint density at radius 1 is 1.47 bits per heavy atom. The molecule has 0 unspecified atom stereocenters. The number of aliphatic hydroxyl groups is 1. The molecule has 0 aromatic heterocycles. The van der Waals surface area contributed by atoms with Gasteiger partial charge in [-0.3, -0.25) is 4.79 Å². The molecule has 1 aromatic carbocycles. The molecule has 0 heterocycles. The van der Waals surface area contributed by atoms with Crippen LogP contribution in [0.1, 0.15) is 23.5 Å².